The predicted octanol–water partition coefficient (Wildman–Crippen LogP) is 7.04. The van der Waals surface area contributed by atoms with Crippen molar-refractivity contribution in [3.05, 3.63) is 77.6 Å². The molecule has 4 heteroatoms. The molecule has 0 radical (unpaired) electrons. The van der Waals surface area contributed by atoms with Crippen molar-refractivity contribution in [2.24, 2.45) is 0 Å². The largest absolute Gasteiger partial charge is 0.348 e. The number of carbonyl (C=O) groups is 1. The van der Waals surface area contributed by atoms with E-state index < -0.39 is 0 Å². The molecular weight excluding hydrogens is 430 g/mol. The number of hydrogen-bond donors (Lipinski definition) is 1. The van der Waals surface area contributed by atoms with Gasteiger partial charge in [-0.1, -0.05) is 80.8 Å². The average molecular weight is 466 g/mol. The number of nitrogens with zero attached hydrogens (tertiary/aromatic N) is 2. The van der Waals surface area contributed by atoms with E-state index in [9.17, 15) is 4.79 Å². The van der Waals surface area contributed by atoms with Crippen LogP contribution in [0.15, 0.2) is 60.8 Å². The van der Waals surface area contributed by atoms with Crippen molar-refractivity contribution < 1.29 is 4.79 Å². The van der Waals surface area contributed by atoms with Crippen molar-refractivity contribution in [3.8, 4) is 22.4 Å². The van der Waals surface area contributed by atoms with E-state index in [-0.39, 0.29) is 11.9 Å². The number of nitrogens with one attached hydrogen (secondary N) is 1. The summed E-state index contributed by atoms with van der Waals surface area (Å²) >= 11 is 0. The third kappa shape index (κ3) is 3.99. The van der Waals surface area contributed by atoms with E-state index in [0.717, 1.165) is 61.9 Å². The van der Waals surface area contributed by atoms with Crippen molar-refractivity contribution in [3.63, 3.8) is 0 Å². The normalized spacial score (nSPS) is 16.4. The van der Waals surface area contributed by atoms with Crippen LogP contribution in [0.5, 0.6) is 0 Å². The van der Waals surface area contributed by atoms with E-state index >= 15 is 0 Å². The van der Waals surface area contributed by atoms with Crippen LogP contribution in [-0.2, 0) is 19.4 Å². The van der Waals surface area contributed by atoms with Gasteiger partial charge in [0.1, 0.15) is 11.3 Å². The Morgan fingerprint density at radius 2 is 1.69 bits per heavy atom. The van der Waals surface area contributed by atoms with Gasteiger partial charge in [0.25, 0.3) is 5.91 Å². The first-order valence-electron chi connectivity index (χ1n) is 13.5. The van der Waals surface area contributed by atoms with Crippen LogP contribution < -0.4 is 5.32 Å². The first-order valence-corrected chi connectivity index (χ1v) is 13.5. The van der Waals surface area contributed by atoms with E-state index in [1.807, 2.05) is 0 Å². The van der Waals surface area contributed by atoms with Crippen molar-refractivity contribution >= 4 is 11.6 Å². The fraction of sp³-hybridized carbons (Fsp3) is 0.387. The van der Waals surface area contributed by atoms with E-state index in [1.165, 1.54) is 47.3 Å². The first-order chi connectivity index (χ1) is 17.2. The molecule has 2 aromatic carbocycles. The molecule has 1 amide bonds. The molecule has 1 N–H and O–H groups in total. The SMILES string of the molecule is CCc1ccc(-c2c3c4n(c(-c5ccccc5)cn4c2C(=O)NC2CCCCC2)CCCC3)cc1. The summed E-state index contributed by atoms with van der Waals surface area (Å²) in [7, 11) is 0. The molecule has 2 aliphatic rings. The molecule has 1 fully saturated rings. The Morgan fingerprint density at radius 1 is 0.914 bits per heavy atom. The van der Waals surface area contributed by atoms with Crippen LogP contribution in [0.1, 0.15) is 73.5 Å². The van der Waals surface area contributed by atoms with Gasteiger partial charge in [0.05, 0.1) is 5.69 Å². The van der Waals surface area contributed by atoms with Gasteiger partial charge in [0, 0.05) is 29.9 Å². The molecular formula is C31H35N3O. The van der Waals surface area contributed by atoms with Gasteiger partial charge in [-0.05, 0) is 55.2 Å². The van der Waals surface area contributed by atoms with Gasteiger partial charge in [-0.3, -0.25) is 9.20 Å². The lowest BCUT2D eigenvalue weighted by atomic mass is 9.94. The molecule has 0 bridgehead atoms. The van der Waals surface area contributed by atoms with Crippen molar-refractivity contribution in [1.82, 2.24) is 14.3 Å². The highest BCUT2D eigenvalue weighted by molar-refractivity contribution is 6.03. The van der Waals surface area contributed by atoms with Crippen LogP contribution in [0.4, 0.5) is 0 Å². The molecule has 4 aromatic rings. The lowest BCUT2D eigenvalue weighted by Gasteiger charge is -2.23. The molecule has 4 nitrogen and oxygen atoms in total. The summed E-state index contributed by atoms with van der Waals surface area (Å²) in [6.07, 6.45) is 12.4. The number of aryl methyl sites for hydroxylation is 3. The van der Waals surface area contributed by atoms with Gasteiger partial charge < -0.3 is 9.88 Å². The van der Waals surface area contributed by atoms with Crippen LogP contribution in [0.3, 0.4) is 0 Å². The summed E-state index contributed by atoms with van der Waals surface area (Å²) in [4.78, 5) is 14.0. The van der Waals surface area contributed by atoms with E-state index in [4.69, 9.17) is 0 Å². The van der Waals surface area contributed by atoms with Crippen LogP contribution in [-0.4, -0.2) is 20.9 Å². The van der Waals surface area contributed by atoms with Crippen LogP contribution in [0, 0.1) is 0 Å². The second-order valence-electron chi connectivity index (χ2n) is 10.2. The van der Waals surface area contributed by atoms with Gasteiger partial charge in [-0.25, -0.2) is 0 Å². The van der Waals surface area contributed by atoms with Crippen LogP contribution in [0.25, 0.3) is 28.0 Å². The number of amides is 1. The number of rotatable bonds is 5. The Morgan fingerprint density at radius 3 is 2.43 bits per heavy atom. The number of aromatic nitrogens is 2. The zero-order chi connectivity index (χ0) is 23.8. The fourth-order valence-electron chi connectivity index (χ4n) is 6.17. The smallest absolute Gasteiger partial charge is 0.269 e. The quantitative estimate of drug-likeness (QED) is 0.337. The number of benzene rings is 2. The Balaban J connectivity index is 1.56. The molecule has 2 aromatic heterocycles. The standard InChI is InChI=1S/C31H35N3O/c1-2-22-16-18-24(19-17-22)28-26-15-9-10-20-33-27(23-11-5-3-6-12-23)21-34(31(26)33)29(28)30(35)32-25-13-7-4-8-14-25/h3,5-6,11-12,16-19,21,25H,2,4,7-10,13-15,20H2,1H3,(H,32,35). The second-order valence-corrected chi connectivity index (χ2v) is 10.2. The second kappa shape index (κ2) is 9.41. The Bertz CT molecular complexity index is 1340. The molecule has 0 atom stereocenters. The van der Waals surface area contributed by atoms with Gasteiger partial charge in [0.15, 0.2) is 0 Å². The van der Waals surface area contributed by atoms with Gasteiger partial charge in [0.2, 0.25) is 0 Å². The monoisotopic (exact) mass is 465 g/mol. The molecule has 180 valence electrons. The summed E-state index contributed by atoms with van der Waals surface area (Å²) in [5.74, 6) is 0.0741. The minimum absolute atomic E-state index is 0.0741. The number of carbonyl (C=O) groups excluding carboxylic acids is 1. The molecule has 1 aliphatic heterocycles. The van der Waals surface area contributed by atoms with Crippen LogP contribution >= 0.6 is 0 Å². The van der Waals surface area contributed by atoms with Crippen LogP contribution in [0.2, 0.25) is 0 Å². The maximum atomic E-state index is 14.0. The predicted molar refractivity (Wildman–Crippen MR) is 143 cm³/mol. The summed E-state index contributed by atoms with van der Waals surface area (Å²) in [5.41, 5.74) is 9.35. The molecule has 0 unspecified atom stereocenters. The maximum Gasteiger partial charge on any atom is 0.269 e. The summed E-state index contributed by atoms with van der Waals surface area (Å²) in [6.45, 7) is 3.17. The Hall–Kier alpha value is -3.27. The van der Waals surface area contributed by atoms with E-state index in [2.05, 4.69) is 82.0 Å². The molecule has 6 rings (SSSR count). The minimum Gasteiger partial charge on any atom is -0.348 e. The summed E-state index contributed by atoms with van der Waals surface area (Å²) < 4.78 is 4.67. The molecule has 1 aliphatic carbocycles. The summed E-state index contributed by atoms with van der Waals surface area (Å²) in [5, 5.41) is 3.43. The molecule has 35 heavy (non-hydrogen) atoms. The van der Waals surface area contributed by atoms with Crippen molar-refractivity contribution in [1.29, 1.82) is 0 Å². The molecule has 3 heterocycles. The number of imidazole rings is 1. The highest BCUT2D eigenvalue weighted by Crippen LogP contribution is 2.39. The topological polar surface area (TPSA) is 38.4 Å². The zero-order valence-electron chi connectivity index (χ0n) is 20.7. The van der Waals surface area contributed by atoms with Gasteiger partial charge in [-0.15, -0.1) is 0 Å². The van der Waals surface area contributed by atoms with E-state index in [0.29, 0.717) is 0 Å². The fourth-order valence-corrected chi connectivity index (χ4v) is 6.17. The first kappa shape index (κ1) is 22.2. The van der Waals surface area contributed by atoms with Gasteiger partial charge >= 0.3 is 0 Å². The zero-order valence-corrected chi connectivity index (χ0v) is 20.7. The molecule has 0 spiro atoms. The molecule has 0 saturated heterocycles. The summed E-state index contributed by atoms with van der Waals surface area (Å²) in [6, 6.07) is 19.8. The van der Waals surface area contributed by atoms with E-state index in [1.54, 1.807) is 0 Å². The highest BCUT2D eigenvalue weighted by Gasteiger charge is 2.30. The Labute approximate surface area is 208 Å². The van der Waals surface area contributed by atoms with Gasteiger partial charge in [-0.2, -0.15) is 0 Å². The lowest BCUT2D eigenvalue weighted by Crippen LogP contribution is -2.37. The molecule has 1 saturated carbocycles. The third-order valence-electron chi connectivity index (χ3n) is 8.01. The Kier molecular flexibility index (Phi) is 5.97. The van der Waals surface area contributed by atoms with Crippen molar-refractivity contribution in [2.45, 2.75) is 77.3 Å². The highest BCUT2D eigenvalue weighted by atomic mass is 16.2. The lowest BCUT2D eigenvalue weighted by molar-refractivity contribution is 0.0922. The van der Waals surface area contributed by atoms with Crippen molar-refractivity contribution in [2.75, 3.05) is 0 Å². The maximum absolute atomic E-state index is 14.0. The minimum atomic E-state index is 0.0741. The average Bonchev–Trinajstić information content (AvgIpc) is 3.33. The third-order valence-corrected chi connectivity index (χ3v) is 8.01. The number of hydrogen-bond acceptors (Lipinski definition) is 1.